The highest BCUT2D eigenvalue weighted by atomic mass is 15.3. The molecule has 0 atom stereocenters. The van der Waals surface area contributed by atoms with E-state index in [2.05, 4.69) is 54.0 Å². The van der Waals surface area contributed by atoms with Gasteiger partial charge in [0.2, 0.25) is 0 Å². The van der Waals surface area contributed by atoms with Gasteiger partial charge >= 0.3 is 0 Å². The maximum atomic E-state index is 4.55. The molecule has 3 heteroatoms. The number of hydrogen-bond acceptors (Lipinski definition) is 1. The Morgan fingerprint density at radius 1 is 1.12 bits per heavy atom. The maximum Gasteiger partial charge on any atom is 0.143 e. The van der Waals surface area contributed by atoms with Crippen LogP contribution >= 0.6 is 0 Å². The third-order valence-electron chi connectivity index (χ3n) is 3.12. The van der Waals surface area contributed by atoms with Gasteiger partial charge in [0.1, 0.15) is 5.65 Å². The lowest BCUT2D eigenvalue weighted by molar-refractivity contribution is 0.789. The van der Waals surface area contributed by atoms with Gasteiger partial charge in [-0.15, -0.1) is 0 Å². The van der Waals surface area contributed by atoms with Gasteiger partial charge in [0.25, 0.3) is 0 Å². The first-order valence-electron chi connectivity index (χ1n) is 5.90. The van der Waals surface area contributed by atoms with E-state index in [0.29, 0.717) is 0 Å². The molecule has 0 N–H and O–H groups in total. The first kappa shape index (κ1) is 10.1. The van der Waals surface area contributed by atoms with Crippen LogP contribution in [-0.2, 0) is 6.54 Å². The average Bonchev–Trinajstić information content (AvgIpc) is 2.87. The first-order chi connectivity index (χ1) is 8.31. The summed E-state index contributed by atoms with van der Waals surface area (Å²) < 4.78 is 4.18. The lowest BCUT2D eigenvalue weighted by Gasteiger charge is -2.03. The Morgan fingerprint density at radius 3 is 2.59 bits per heavy atom. The van der Waals surface area contributed by atoms with Crippen molar-refractivity contribution in [2.24, 2.45) is 0 Å². The zero-order valence-electron chi connectivity index (χ0n) is 10.1. The van der Waals surface area contributed by atoms with Crippen LogP contribution in [0.3, 0.4) is 0 Å². The minimum Gasteiger partial charge on any atom is -0.331 e. The minimum atomic E-state index is 0.960. The van der Waals surface area contributed by atoms with Crippen molar-refractivity contribution in [1.82, 2.24) is 14.2 Å². The van der Waals surface area contributed by atoms with Gasteiger partial charge in [-0.2, -0.15) is 5.10 Å². The SMILES string of the molecule is CCn1ccn2nc(C)c(-c3ccccc3)c12. The highest BCUT2D eigenvalue weighted by molar-refractivity contribution is 5.80. The van der Waals surface area contributed by atoms with Gasteiger partial charge < -0.3 is 4.57 Å². The summed E-state index contributed by atoms with van der Waals surface area (Å²) >= 11 is 0. The van der Waals surface area contributed by atoms with Gasteiger partial charge in [-0.05, 0) is 19.4 Å². The Kier molecular flexibility index (Phi) is 2.25. The van der Waals surface area contributed by atoms with E-state index in [0.717, 1.165) is 12.2 Å². The smallest absolute Gasteiger partial charge is 0.143 e. The fourth-order valence-electron chi connectivity index (χ4n) is 2.33. The summed E-state index contributed by atoms with van der Waals surface area (Å²) in [5.41, 5.74) is 4.72. The molecule has 0 radical (unpaired) electrons. The first-order valence-corrected chi connectivity index (χ1v) is 5.90. The molecule has 0 aliphatic rings. The lowest BCUT2D eigenvalue weighted by Crippen LogP contribution is -1.93. The van der Waals surface area contributed by atoms with Gasteiger partial charge in [0.15, 0.2) is 0 Å². The molecule has 0 aliphatic heterocycles. The van der Waals surface area contributed by atoms with Gasteiger partial charge in [0.05, 0.1) is 5.69 Å². The molecule has 86 valence electrons. The Balaban J connectivity index is 2.34. The molecule has 3 rings (SSSR count). The van der Waals surface area contributed by atoms with Crippen LogP contribution in [0, 0.1) is 6.92 Å². The zero-order chi connectivity index (χ0) is 11.8. The predicted octanol–water partition coefficient (Wildman–Crippen LogP) is 3.13. The molecular formula is C14H15N3. The number of hydrogen-bond donors (Lipinski definition) is 0. The van der Waals surface area contributed by atoms with Crippen LogP contribution < -0.4 is 0 Å². The molecule has 0 saturated carbocycles. The van der Waals surface area contributed by atoms with E-state index < -0.39 is 0 Å². The maximum absolute atomic E-state index is 4.55. The van der Waals surface area contributed by atoms with E-state index in [4.69, 9.17) is 0 Å². The number of aromatic nitrogens is 3. The average molecular weight is 225 g/mol. The second-order valence-corrected chi connectivity index (χ2v) is 4.18. The molecule has 0 amide bonds. The Morgan fingerprint density at radius 2 is 1.88 bits per heavy atom. The van der Waals surface area contributed by atoms with Crippen LogP contribution in [0.1, 0.15) is 12.6 Å². The van der Waals surface area contributed by atoms with E-state index in [1.165, 1.54) is 16.8 Å². The number of aryl methyl sites for hydroxylation is 2. The van der Waals surface area contributed by atoms with Gasteiger partial charge in [-0.1, -0.05) is 30.3 Å². The third-order valence-corrected chi connectivity index (χ3v) is 3.12. The topological polar surface area (TPSA) is 22.2 Å². The molecule has 0 saturated heterocycles. The number of nitrogens with zero attached hydrogens (tertiary/aromatic N) is 3. The van der Waals surface area contributed by atoms with E-state index in [1.54, 1.807) is 0 Å². The molecule has 17 heavy (non-hydrogen) atoms. The van der Waals surface area contributed by atoms with Gasteiger partial charge in [0, 0.05) is 24.5 Å². The highest BCUT2D eigenvalue weighted by Crippen LogP contribution is 2.28. The van der Waals surface area contributed by atoms with Crippen LogP contribution in [0.4, 0.5) is 0 Å². The number of rotatable bonds is 2. The van der Waals surface area contributed by atoms with Crippen molar-refractivity contribution in [2.75, 3.05) is 0 Å². The van der Waals surface area contributed by atoms with Crippen molar-refractivity contribution < 1.29 is 0 Å². The molecular weight excluding hydrogens is 210 g/mol. The summed E-state index contributed by atoms with van der Waals surface area (Å²) in [4.78, 5) is 0. The molecule has 0 aliphatic carbocycles. The van der Waals surface area contributed by atoms with Crippen molar-refractivity contribution in [3.63, 3.8) is 0 Å². The lowest BCUT2D eigenvalue weighted by atomic mass is 10.1. The van der Waals surface area contributed by atoms with Crippen LogP contribution in [0.15, 0.2) is 42.7 Å². The van der Waals surface area contributed by atoms with Crippen molar-refractivity contribution in [3.8, 4) is 11.1 Å². The second-order valence-electron chi connectivity index (χ2n) is 4.18. The molecule has 3 nitrogen and oxygen atoms in total. The van der Waals surface area contributed by atoms with Crippen LogP contribution in [0.2, 0.25) is 0 Å². The molecule has 0 unspecified atom stereocenters. The van der Waals surface area contributed by atoms with Crippen LogP contribution in [0.5, 0.6) is 0 Å². The van der Waals surface area contributed by atoms with Crippen molar-refractivity contribution in [3.05, 3.63) is 48.4 Å². The normalized spacial score (nSPS) is 11.2. The molecule has 3 aromatic rings. The molecule has 2 aromatic heterocycles. The monoisotopic (exact) mass is 225 g/mol. The van der Waals surface area contributed by atoms with E-state index in [1.807, 2.05) is 16.8 Å². The van der Waals surface area contributed by atoms with Crippen molar-refractivity contribution in [1.29, 1.82) is 0 Å². The Bertz CT molecular complexity index is 647. The van der Waals surface area contributed by atoms with Gasteiger partial charge in [-0.3, -0.25) is 0 Å². The molecule has 0 spiro atoms. The molecule has 0 bridgehead atoms. The second kappa shape index (κ2) is 3.77. The van der Waals surface area contributed by atoms with Crippen molar-refractivity contribution in [2.45, 2.75) is 20.4 Å². The summed E-state index contributed by atoms with van der Waals surface area (Å²) in [6.45, 7) is 5.17. The van der Waals surface area contributed by atoms with E-state index >= 15 is 0 Å². The number of benzene rings is 1. The summed E-state index contributed by atoms with van der Waals surface area (Å²) in [7, 11) is 0. The van der Waals surface area contributed by atoms with E-state index in [-0.39, 0.29) is 0 Å². The fourth-order valence-corrected chi connectivity index (χ4v) is 2.33. The van der Waals surface area contributed by atoms with Crippen molar-refractivity contribution >= 4 is 5.65 Å². The molecule has 1 aromatic carbocycles. The highest BCUT2D eigenvalue weighted by Gasteiger charge is 2.14. The summed E-state index contributed by atoms with van der Waals surface area (Å²) in [5, 5.41) is 4.55. The number of imidazole rings is 1. The minimum absolute atomic E-state index is 0.960. The zero-order valence-corrected chi connectivity index (χ0v) is 10.1. The summed E-state index contributed by atoms with van der Waals surface area (Å²) in [5.74, 6) is 0. The largest absolute Gasteiger partial charge is 0.331 e. The van der Waals surface area contributed by atoms with Crippen LogP contribution in [-0.4, -0.2) is 14.2 Å². The standard InChI is InChI=1S/C14H15N3/c1-3-16-9-10-17-14(16)13(11(2)15-17)12-7-5-4-6-8-12/h4-10H,3H2,1-2H3. The third kappa shape index (κ3) is 1.46. The fraction of sp³-hybridized carbons (Fsp3) is 0.214. The van der Waals surface area contributed by atoms with E-state index in [9.17, 15) is 0 Å². The Hall–Kier alpha value is -2.03. The molecule has 0 fully saturated rings. The van der Waals surface area contributed by atoms with Crippen LogP contribution in [0.25, 0.3) is 16.8 Å². The predicted molar refractivity (Wildman–Crippen MR) is 69.0 cm³/mol. The summed E-state index contributed by atoms with van der Waals surface area (Å²) in [6.07, 6.45) is 4.09. The Labute approximate surface area is 100 Å². The molecule has 2 heterocycles. The summed E-state index contributed by atoms with van der Waals surface area (Å²) in [6, 6.07) is 10.4. The van der Waals surface area contributed by atoms with Gasteiger partial charge in [-0.25, -0.2) is 4.52 Å². The quantitative estimate of drug-likeness (QED) is 0.657. The number of fused-ring (bicyclic) bond motifs is 1.